The molecule has 0 N–H and O–H groups in total. The van der Waals surface area contributed by atoms with Crippen LogP contribution in [0.5, 0.6) is 0 Å². The molecule has 0 atom stereocenters. The van der Waals surface area contributed by atoms with Crippen LogP contribution in [0.4, 0.5) is 0 Å². The van der Waals surface area contributed by atoms with Crippen LogP contribution in [0.25, 0.3) is 0 Å². The van der Waals surface area contributed by atoms with Gasteiger partial charge in [0.15, 0.2) is 0 Å². The topological polar surface area (TPSA) is 17.1 Å². The summed E-state index contributed by atoms with van der Waals surface area (Å²) in [5, 5.41) is 0. The largest absolute Gasteiger partial charge is 0.298 e. The van der Waals surface area contributed by atoms with Crippen LogP contribution >= 0.6 is 0 Å². The van der Waals surface area contributed by atoms with Gasteiger partial charge >= 0.3 is 0 Å². The Morgan fingerprint density at radius 2 is 2.00 bits per heavy atom. The normalized spacial score (nSPS) is 18.1. The van der Waals surface area contributed by atoms with Crippen molar-refractivity contribution in [1.29, 1.82) is 0 Å². The van der Waals surface area contributed by atoms with Gasteiger partial charge in [-0.15, -0.1) is 0 Å². The lowest BCUT2D eigenvalue weighted by atomic mass is 10.1. The van der Waals surface area contributed by atoms with E-state index < -0.39 is 0 Å². The fourth-order valence-corrected chi connectivity index (χ4v) is 1.28. The molecule has 0 amide bonds. The second kappa shape index (κ2) is 2.81. The molecular weight excluding hydrogens is 112 g/mol. The highest BCUT2D eigenvalue weighted by Gasteiger charge is 2.08. The van der Waals surface area contributed by atoms with Crippen LogP contribution in [0.3, 0.4) is 0 Å². The van der Waals surface area contributed by atoms with E-state index >= 15 is 0 Å². The Hall–Kier alpha value is -0.590. The molecule has 1 saturated carbocycles. The van der Waals surface area contributed by atoms with Crippen LogP contribution in [0.1, 0.15) is 32.6 Å². The highest BCUT2D eigenvalue weighted by molar-refractivity contribution is 5.73. The van der Waals surface area contributed by atoms with Gasteiger partial charge in [0.2, 0.25) is 0 Å². The summed E-state index contributed by atoms with van der Waals surface area (Å²) >= 11 is 0. The second-order valence-electron chi connectivity index (χ2n) is 2.61. The van der Waals surface area contributed by atoms with E-state index in [4.69, 9.17) is 0 Å². The van der Waals surface area contributed by atoms with Crippen LogP contribution in [0.2, 0.25) is 0 Å². The van der Waals surface area contributed by atoms with E-state index in [1.165, 1.54) is 18.4 Å². The first-order valence-corrected chi connectivity index (χ1v) is 3.48. The van der Waals surface area contributed by atoms with E-state index in [0.717, 1.165) is 24.7 Å². The van der Waals surface area contributed by atoms with Gasteiger partial charge in [0, 0.05) is 0 Å². The number of hydrogen-bond donors (Lipinski definition) is 0. The predicted molar refractivity (Wildman–Crippen MR) is 37.2 cm³/mol. The number of rotatable bonds is 1. The zero-order chi connectivity index (χ0) is 6.69. The van der Waals surface area contributed by atoms with Crippen LogP contribution in [-0.2, 0) is 4.79 Å². The fraction of sp³-hybridized carbons (Fsp3) is 0.625. The van der Waals surface area contributed by atoms with Crippen molar-refractivity contribution in [1.82, 2.24) is 0 Å². The SMILES string of the molecule is CC(C=O)=C1CCCC1. The van der Waals surface area contributed by atoms with Crippen LogP contribution < -0.4 is 0 Å². The maximum Gasteiger partial charge on any atom is 0.145 e. The van der Waals surface area contributed by atoms with E-state index in [2.05, 4.69) is 0 Å². The van der Waals surface area contributed by atoms with Crippen molar-refractivity contribution >= 4 is 6.29 Å². The minimum Gasteiger partial charge on any atom is -0.298 e. The van der Waals surface area contributed by atoms with Crippen LogP contribution in [0.15, 0.2) is 11.1 Å². The molecule has 1 fully saturated rings. The standard InChI is InChI=1S/C8H12O/c1-7(6-9)8-4-2-3-5-8/h6H,2-5H2,1H3. The summed E-state index contributed by atoms with van der Waals surface area (Å²) < 4.78 is 0. The van der Waals surface area contributed by atoms with Gasteiger partial charge in [0.1, 0.15) is 6.29 Å². The lowest BCUT2D eigenvalue weighted by molar-refractivity contribution is -0.104. The molecule has 0 unspecified atom stereocenters. The second-order valence-corrected chi connectivity index (χ2v) is 2.61. The van der Waals surface area contributed by atoms with Crippen molar-refractivity contribution in [3.05, 3.63) is 11.1 Å². The number of aldehydes is 1. The summed E-state index contributed by atoms with van der Waals surface area (Å²) in [6.45, 7) is 1.91. The van der Waals surface area contributed by atoms with Gasteiger partial charge in [-0.2, -0.15) is 0 Å². The van der Waals surface area contributed by atoms with E-state index in [-0.39, 0.29) is 0 Å². The molecule has 1 heteroatoms. The molecule has 1 aliphatic rings. The van der Waals surface area contributed by atoms with Gasteiger partial charge in [-0.25, -0.2) is 0 Å². The van der Waals surface area contributed by atoms with E-state index in [9.17, 15) is 4.79 Å². The molecule has 0 aromatic rings. The number of allylic oxidation sites excluding steroid dienone is 2. The van der Waals surface area contributed by atoms with Gasteiger partial charge < -0.3 is 0 Å². The van der Waals surface area contributed by atoms with Crippen LogP contribution in [0, 0.1) is 0 Å². The molecule has 0 bridgehead atoms. The molecule has 0 aliphatic heterocycles. The van der Waals surface area contributed by atoms with Crippen molar-refractivity contribution in [2.45, 2.75) is 32.6 Å². The average molecular weight is 124 g/mol. The van der Waals surface area contributed by atoms with E-state index in [0.29, 0.717) is 0 Å². The summed E-state index contributed by atoms with van der Waals surface area (Å²) in [5.41, 5.74) is 2.34. The third-order valence-corrected chi connectivity index (χ3v) is 1.94. The van der Waals surface area contributed by atoms with E-state index in [1.54, 1.807) is 0 Å². The van der Waals surface area contributed by atoms with Gasteiger partial charge in [-0.1, -0.05) is 5.57 Å². The maximum atomic E-state index is 10.2. The monoisotopic (exact) mass is 124 g/mol. The maximum absolute atomic E-state index is 10.2. The molecule has 1 aliphatic carbocycles. The lowest BCUT2D eigenvalue weighted by Gasteiger charge is -1.94. The zero-order valence-corrected chi connectivity index (χ0v) is 5.81. The lowest BCUT2D eigenvalue weighted by Crippen LogP contribution is -1.82. The highest BCUT2D eigenvalue weighted by atomic mass is 16.1. The Labute approximate surface area is 55.8 Å². The Morgan fingerprint density at radius 3 is 2.44 bits per heavy atom. The Balaban J connectivity index is 2.66. The van der Waals surface area contributed by atoms with Gasteiger partial charge in [0.05, 0.1) is 0 Å². The highest BCUT2D eigenvalue weighted by Crippen LogP contribution is 2.25. The third-order valence-electron chi connectivity index (χ3n) is 1.94. The molecule has 9 heavy (non-hydrogen) atoms. The first-order valence-electron chi connectivity index (χ1n) is 3.48. The Kier molecular flexibility index (Phi) is 2.04. The summed E-state index contributed by atoms with van der Waals surface area (Å²) in [4.78, 5) is 10.2. The fourth-order valence-electron chi connectivity index (χ4n) is 1.28. The molecule has 50 valence electrons. The van der Waals surface area contributed by atoms with Crippen LogP contribution in [-0.4, -0.2) is 6.29 Å². The van der Waals surface area contributed by atoms with Crippen molar-refractivity contribution in [3.63, 3.8) is 0 Å². The molecule has 1 rings (SSSR count). The zero-order valence-electron chi connectivity index (χ0n) is 5.81. The molecular formula is C8H12O. The first-order chi connectivity index (χ1) is 4.34. The summed E-state index contributed by atoms with van der Waals surface area (Å²) in [7, 11) is 0. The smallest absolute Gasteiger partial charge is 0.145 e. The Morgan fingerprint density at radius 1 is 1.44 bits per heavy atom. The van der Waals surface area contributed by atoms with Gasteiger partial charge in [0.25, 0.3) is 0 Å². The predicted octanol–water partition coefficient (Wildman–Crippen LogP) is 2.08. The van der Waals surface area contributed by atoms with E-state index in [1.807, 2.05) is 6.92 Å². The van der Waals surface area contributed by atoms with Gasteiger partial charge in [-0.3, -0.25) is 4.79 Å². The third kappa shape index (κ3) is 1.41. The number of hydrogen-bond acceptors (Lipinski definition) is 1. The molecule has 1 nitrogen and oxygen atoms in total. The minimum atomic E-state index is 0.965. The quantitative estimate of drug-likeness (QED) is 0.386. The first kappa shape index (κ1) is 6.53. The summed E-state index contributed by atoms with van der Waals surface area (Å²) in [6, 6.07) is 0. The van der Waals surface area contributed by atoms with Crippen molar-refractivity contribution in [2.75, 3.05) is 0 Å². The average Bonchev–Trinajstić information content (AvgIpc) is 2.37. The molecule has 0 spiro atoms. The molecule has 0 radical (unpaired) electrons. The van der Waals surface area contributed by atoms with Crippen molar-refractivity contribution in [3.8, 4) is 0 Å². The molecule has 0 aromatic heterocycles. The summed E-state index contributed by atoms with van der Waals surface area (Å²) in [5.74, 6) is 0. The van der Waals surface area contributed by atoms with Gasteiger partial charge in [-0.05, 0) is 38.2 Å². The molecule has 0 aromatic carbocycles. The molecule has 0 heterocycles. The summed E-state index contributed by atoms with van der Waals surface area (Å²) in [6.07, 6.45) is 5.84. The van der Waals surface area contributed by atoms with Crippen molar-refractivity contribution < 1.29 is 4.79 Å². The minimum absolute atomic E-state index is 0.965. The number of carbonyl (C=O) groups is 1. The Bertz CT molecular complexity index is 137. The molecule has 0 saturated heterocycles. The number of carbonyl (C=O) groups excluding carboxylic acids is 1. The van der Waals surface area contributed by atoms with Crippen molar-refractivity contribution in [2.24, 2.45) is 0 Å².